The monoisotopic (exact) mass is 448 g/mol. The third kappa shape index (κ3) is 3.55. The van der Waals surface area contributed by atoms with Crippen LogP contribution < -0.4 is 4.90 Å². The van der Waals surface area contributed by atoms with Crippen LogP contribution in [0, 0.1) is 0 Å². The smallest absolute Gasteiger partial charge is 0.228 e. The highest BCUT2D eigenvalue weighted by atomic mass is 35.5. The Morgan fingerprint density at radius 3 is 2.75 bits per heavy atom. The maximum absolute atomic E-state index is 6.15. The lowest BCUT2D eigenvalue weighted by Gasteiger charge is -2.35. The molecule has 1 aliphatic carbocycles. The molecule has 1 saturated carbocycles. The molecule has 4 aromatic rings. The van der Waals surface area contributed by atoms with Crippen molar-refractivity contribution in [3.05, 3.63) is 65.6 Å². The highest BCUT2D eigenvalue weighted by Crippen LogP contribution is 2.42. The van der Waals surface area contributed by atoms with Gasteiger partial charge in [0.15, 0.2) is 11.6 Å². The molecule has 0 N–H and O–H groups in total. The lowest BCUT2D eigenvalue weighted by Crippen LogP contribution is -2.41. The second-order valence-corrected chi connectivity index (χ2v) is 8.51. The molecule has 1 saturated heterocycles. The van der Waals surface area contributed by atoms with Gasteiger partial charge in [-0.25, -0.2) is 0 Å². The lowest BCUT2D eigenvalue weighted by molar-refractivity contribution is 0.0907. The first-order valence-electron chi connectivity index (χ1n) is 10.7. The highest BCUT2D eigenvalue weighted by molar-refractivity contribution is 6.30. The molecule has 1 aliphatic heterocycles. The van der Waals surface area contributed by atoms with Gasteiger partial charge in [-0.15, -0.1) is 10.2 Å². The molecule has 0 radical (unpaired) electrons. The zero-order valence-electron chi connectivity index (χ0n) is 17.3. The molecule has 0 amide bonds. The summed E-state index contributed by atoms with van der Waals surface area (Å²) in [6, 6.07) is 13.7. The van der Waals surface area contributed by atoms with Gasteiger partial charge < -0.3 is 14.2 Å². The summed E-state index contributed by atoms with van der Waals surface area (Å²) in [6.07, 6.45) is 5.84. The van der Waals surface area contributed by atoms with Gasteiger partial charge in [-0.1, -0.05) is 28.9 Å². The molecule has 0 bridgehead atoms. The minimum Gasteiger partial charge on any atom is -0.377 e. The fourth-order valence-electron chi connectivity index (χ4n) is 4.15. The largest absolute Gasteiger partial charge is 0.377 e. The number of halogens is 1. The second kappa shape index (κ2) is 8.03. The predicted molar refractivity (Wildman–Crippen MR) is 119 cm³/mol. The van der Waals surface area contributed by atoms with Crippen LogP contribution in [0.2, 0.25) is 5.02 Å². The molecule has 8 nitrogen and oxygen atoms in total. The van der Waals surface area contributed by atoms with Crippen LogP contribution >= 0.6 is 11.6 Å². The Morgan fingerprint density at radius 2 is 1.94 bits per heavy atom. The minimum atomic E-state index is -0.121. The van der Waals surface area contributed by atoms with E-state index in [9.17, 15) is 0 Å². The van der Waals surface area contributed by atoms with E-state index in [1.807, 2.05) is 48.7 Å². The van der Waals surface area contributed by atoms with Gasteiger partial charge in [0.25, 0.3) is 0 Å². The molecule has 1 aromatic carbocycles. The van der Waals surface area contributed by atoms with Crippen molar-refractivity contribution in [1.29, 1.82) is 0 Å². The molecule has 2 aliphatic rings. The fraction of sp³-hybridized carbons (Fsp3) is 0.304. The van der Waals surface area contributed by atoms with Gasteiger partial charge >= 0.3 is 0 Å². The zero-order chi connectivity index (χ0) is 21.5. The normalized spacial score (nSPS) is 18.8. The molecule has 2 fully saturated rings. The van der Waals surface area contributed by atoms with Crippen LogP contribution in [0.15, 0.2) is 59.4 Å². The van der Waals surface area contributed by atoms with E-state index in [2.05, 4.69) is 29.8 Å². The summed E-state index contributed by atoms with van der Waals surface area (Å²) in [7, 11) is 0. The summed E-state index contributed by atoms with van der Waals surface area (Å²) in [5, 5.41) is 14.2. The van der Waals surface area contributed by atoms with Crippen molar-refractivity contribution in [2.24, 2.45) is 0 Å². The first-order chi connectivity index (χ1) is 15.8. The van der Waals surface area contributed by atoms with Gasteiger partial charge in [0.1, 0.15) is 11.7 Å². The fourth-order valence-corrected chi connectivity index (χ4v) is 4.34. The number of hydrogen-bond acceptors (Lipinski definition) is 7. The summed E-state index contributed by atoms with van der Waals surface area (Å²) in [5.74, 6) is 2.36. The first-order valence-corrected chi connectivity index (χ1v) is 11.1. The summed E-state index contributed by atoms with van der Waals surface area (Å²) < 4.78 is 13.7. The number of pyridine rings is 1. The number of nitrogens with zero attached hydrogens (tertiary/aromatic N) is 6. The SMILES string of the molecule is Clc1cccc(-c2cc(C3COCCN3c3nnc(-c4cccnc4)n3C3CC3)no2)c1. The number of aromatic nitrogens is 5. The van der Waals surface area contributed by atoms with E-state index in [4.69, 9.17) is 20.9 Å². The van der Waals surface area contributed by atoms with E-state index in [1.165, 1.54) is 0 Å². The number of ether oxygens (including phenoxy) is 1. The molecular formula is C23H21ClN6O2. The lowest BCUT2D eigenvalue weighted by atomic mass is 10.1. The van der Waals surface area contributed by atoms with Crippen molar-refractivity contribution in [2.45, 2.75) is 24.9 Å². The second-order valence-electron chi connectivity index (χ2n) is 8.08. The molecule has 4 heterocycles. The van der Waals surface area contributed by atoms with Crippen molar-refractivity contribution in [3.63, 3.8) is 0 Å². The summed E-state index contributed by atoms with van der Waals surface area (Å²) in [6.45, 7) is 1.82. The van der Waals surface area contributed by atoms with E-state index in [1.54, 1.807) is 6.20 Å². The van der Waals surface area contributed by atoms with E-state index in [0.29, 0.717) is 36.6 Å². The van der Waals surface area contributed by atoms with Crippen molar-refractivity contribution >= 4 is 17.5 Å². The Labute approximate surface area is 189 Å². The molecular weight excluding hydrogens is 428 g/mol. The van der Waals surface area contributed by atoms with Crippen molar-refractivity contribution in [3.8, 4) is 22.7 Å². The van der Waals surface area contributed by atoms with Gasteiger partial charge in [-0.05, 0) is 37.1 Å². The molecule has 1 atom stereocenters. The average Bonchev–Trinajstić information content (AvgIpc) is 3.38. The number of benzene rings is 1. The molecule has 32 heavy (non-hydrogen) atoms. The number of morpholine rings is 1. The Balaban J connectivity index is 1.37. The highest BCUT2D eigenvalue weighted by Gasteiger charge is 2.36. The Kier molecular flexibility index (Phi) is 4.88. The molecule has 3 aromatic heterocycles. The Bertz CT molecular complexity index is 1240. The van der Waals surface area contributed by atoms with Crippen LogP contribution in [0.1, 0.15) is 30.6 Å². The standard InChI is InChI=1S/C23H21ClN6O2/c24-17-5-1-3-15(11-17)21-12-19(28-32-21)20-14-31-10-9-29(20)23-27-26-22(30(23)18-6-7-18)16-4-2-8-25-13-16/h1-5,8,11-13,18,20H,6-7,9-10,14H2. The summed E-state index contributed by atoms with van der Waals surface area (Å²) in [4.78, 5) is 6.49. The third-order valence-electron chi connectivity index (χ3n) is 5.87. The van der Waals surface area contributed by atoms with Crippen LogP contribution in [0.5, 0.6) is 0 Å². The predicted octanol–water partition coefficient (Wildman–Crippen LogP) is 4.56. The van der Waals surface area contributed by atoms with Gasteiger partial charge in [-0.2, -0.15) is 0 Å². The molecule has 0 spiro atoms. The Hall–Kier alpha value is -3.23. The van der Waals surface area contributed by atoms with Gasteiger partial charge in [0.05, 0.1) is 13.2 Å². The van der Waals surface area contributed by atoms with E-state index >= 15 is 0 Å². The summed E-state index contributed by atoms with van der Waals surface area (Å²) >= 11 is 6.15. The van der Waals surface area contributed by atoms with Gasteiger partial charge in [0.2, 0.25) is 5.95 Å². The quantitative estimate of drug-likeness (QED) is 0.442. The molecule has 9 heteroatoms. The van der Waals surface area contributed by atoms with E-state index in [-0.39, 0.29) is 6.04 Å². The van der Waals surface area contributed by atoms with Crippen molar-refractivity contribution in [1.82, 2.24) is 24.9 Å². The average molecular weight is 449 g/mol. The molecule has 162 valence electrons. The molecule has 1 unspecified atom stereocenters. The molecule has 6 rings (SSSR count). The van der Waals surface area contributed by atoms with Crippen molar-refractivity contribution < 1.29 is 9.26 Å². The number of anilines is 1. The first kappa shape index (κ1) is 19.5. The number of hydrogen-bond donors (Lipinski definition) is 0. The van der Waals surface area contributed by atoms with Crippen LogP contribution in [0.25, 0.3) is 22.7 Å². The topological polar surface area (TPSA) is 82.1 Å². The van der Waals surface area contributed by atoms with Crippen LogP contribution in [-0.2, 0) is 4.74 Å². The van der Waals surface area contributed by atoms with Crippen molar-refractivity contribution in [2.75, 3.05) is 24.7 Å². The van der Waals surface area contributed by atoms with Crippen LogP contribution in [-0.4, -0.2) is 44.7 Å². The maximum Gasteiger partial charge on any atom is 0.228 e. The maximum atomic E-state index is 6.15. The zero-order valence-corrected chi connectivity index (χ0v) is 18.0. The van der Waals surface area contributed by atoms with Gasteiger partial charge in [-0.3, -0.25) is 9.55 Å². The Morgan fingerprint density at radius 1 is 1.03 bits per heavy atom. The van der Waals surface area contributed by atoms with Gasteiger partial charge in [0, 0.05) is 47.2 Å². The van der Waals surface area contributed by atoms with E-state index < -0.39 is 0 Å². The summed E-state index contributed by atoms with van der Waals surface area (Å²) in [5.41, 5.74) is 2.65. The van der Waals surface area contributed by atoms with Crippen LogP contribution in [0.3, 0.4) is 0 Å². The third-order valence-corrected chi connectivity index (χ3v) is 6.11. The number of rotatable bonds is 5. The minimum absolute atomic E-state index is 0.121. The van der Waals surface area contributed by atoms with E-state index in [0.717, 1.165) is 41.4 Å². The van der Waals surface area contributed by atoms with Crippen LogP contribution in [0.4, 0.5) is 5.95 Å².